The van der Waals surface area contributed by atoms with Crippen molar-refractivity contribution in [3.05, 3.63) is 27.3 Å². The molecule has 1 aromatic rings. The first-order valence-corrected chi connectivity index (χ1v) is 5.34. The molecule has 0 spiro atoms. The quantitative estimate of drug-likeness (QED) is 0.844. The van der Waals surface area contributed by atoms with Gasteiger partial charge in [0.2, 0.25) is 0 Å². The zero-order valence-corrected chi connectivity index (χ0v) is 10.2. The first-order chi connectivity index (χ1) is 6.52. The van der Waals surface area contributed by atoms with E-state index in [0.29, 0.717) is 0 Å². The van der Waals surface area contributed by atoms with Gasteiger partial charge in [0.15, 0.2) is 0 Å². The number of halogens is 1. The predicted molar refractivity (Wildman–Crippen MR) is 64.6 cm³/mol. The molecule has 0 saturated carbocycles. The van der Waals surface area contributed by atoms with Crippen molar-refractivity contribution in [2.24, 2.45) is 0 Å². The Kier molecular flexibility index (Phi) is 3.74. The molecule has 1 unspecified atom stereocenters. The number of hydrogen-bond acceptors (Lipinski definition) is 2. The van der Waals surface area contributed by atoms with Gasteiger partial charge in [0, 0.05) is 9.26 Å². The molecule has 1 aromatic carbocycles. The molecule has 14 heavy (non-hydrogen) atoms. The Bertz CT molecular complexity index is 352. The molecule has 0 bridgehead atoms. The zero-order chi connectivity index (χ0) is 10.7. The van der Waals surface area contributed by atoms with Gasteiger partial charge in [0.05, 0.1) is 0 Å². The number of nitrogens with one attached hydrogen (secondary N) is 1. The molecule has 0 fully saturated rings. The molecular formula is C10H12INO2. The molecule has 0 saturated heterocycles. The molecule has 1 rings (SSSR count). The molecule has 0 aliphatic rings. The van der Waals surface area contributed by atoms with E-state index in [1.54, 1.807) is 6.92 Å². The topological polar surface area (TPSA) is 49.3 Å². The van der Waals surface area contributed by atoms with Crippen LogP contribution < -0.4 is 5.32 Å². The lowest BCUT2D eigenvalue weighted by molar-refractivity contribution is -0.137. The van der Waals surface area contributed by atoms with Crippen LogP contribution in [0.15, 0.2) is 18.2 Å². The molecule has 4 heteroatoms. The van der Waals surface area contributed by atoms with Gasteiger partial charge in [-0.15, -0.1) is 0 Å². The summed E-state index contributed by atoms with van der Waals surface area (Å²) in [4.78, 5) is 10.6. The van der Waals surface area contributed by atoms with Crippen LogP contribution in [0.1, 0.15) is 12.5 Å². The summed E-state index contributed by atoms with van der Waals surface area (Å²) in [6.45, 7) is 3.60. The van der Waals surface area contributed by atoms with Crippen LogP contribution in [0.3, 0.4) is 0 Å². The smallest absolute Gasteiger partial charge is 0.325 e. The Morgan fingerprint density at radius 2 is 2.21 bits per heavy atom. The van der Waals surface area contributed by atoms with Crippen molar-refractivity contribution in [2.45, 2.75) is 19.9 Å². The second kappa shape index (κ2) is 4.63. The zero-order valence-electron chi connectivity index (χ0n) is 8.04. The highest BCUT2D eigenvalue weighted by molar-refractivity contribution is 14.1. The Hall–Kier alpha value is -0.780. The summed E-state index contributed by atoms with van der Waals surface area (Å²) < 4.78 is 1.13. The summed E-state index contributed by atoms with van der Waals surface area (Å²) in [7, 11) is 0. The van der Waals surface area contributed by atoms with E-state index in [4.69, 9.17) is 5.11 Å². The van der Waals surface area contributed by atoms with Crippen LogP contribution in [-0.2, 0) is 4.79 Å². The van der Waals surface area contributed by atoms with E-state index in [-0.39, 0.29) is 0 Å². The maximum Gasteiger partial charge on any atom is 0.325 e. The van der Waals surface area contributed by atoms with Crippen molar-refractivity contribution in [2.75, 3.05) is 5.32 Å². The average molecular weight is 305 g/mol. The minimum Gasteiger partial charge on any atom is -0.480 e. The highest BCUT2D eigenvalue weighted by Gasteiger charge is 2.11. The van der Waals surface area contributed by atoms with Crippen molar-refractivity contribution in [1.82, 2.24) is 0 Å². The fourth-order valence-corrected chi connectivity index (χ4v) is 1.56. The summed E-state index contributed by atoms with van der Waals surface area (Å²) in [5, 5.41) is 11.7. The van der Waals surface area contributed by atoms with Crippen LogP contribution in [0, 0.1) is 10.5 Å². The minimum atomic E-state index is -0.844. The highest BCUT2D eigenvalue weighted by Crippen LogP contribution is 2.20. The Morgan fingerprint density at radius 1 is 1.57 bits per heavy atom. The van der Waals surface area contributed by atoms with Gasteiger partial charge in [-0.3, -0.25) is 4.79 Å². The second-order valence-electron chi connectivity index (χ2n) is 3.12. The van der Waals surface area contributed by atoms with Crippen LogP contribution in [-0.4, -0.2) is 17.1 Å². The predicted octanol–water partition coefficient (Wildman–Crippen LogP) is 2.48. The normalized spacial score (nSPS) is 12.2. The molecule has 3 nitrogen and oxygen atoms in total. The van der Waals surface area contributed by atoms with E-state index >= 15 is 0 Å². The third-order valence-corrected chi connectivity index (χ3v) is 3.18. The SMILES string of the molecule is Cc1c(I)cccc1NC(C)C(=O)O. The number of carboxylic acid groups (broad SMARTS) is 1. The highest BCUT2D eigenvalue weighted by atomic mass is 127. The molecular weight excluding hydrogens is 293 g/mol. The van der Waals surface area contributed by atoms with E-state index in [1.807, 2.05) is 25.1 Å². The summed E-state index contributed by atoms with van der Waals surface area (Å²) >= 11 is 2.23. The first-order valence-electron chi connectivity index (χ1n) is 4.27. The van der Waals surface area contributed by atoms with Crippen LogP contribution in [0.5, 0.6) is 0 Å². The summed E-state index contributed by atoms with van der Waals surface area (Å²) in [5.74, 6) is -0.844. The lowest BCUT2D eigenvalue weighted by Gasteiger charge is -2.13. The van der Waals surface area contributed by atoms with Crippen LogP contribution in [0.4, 0.5) is 5.69 Å². The summed E-state index contributed by atoms with van der Waals surface area (Å²) in [6.07, 6.45) is 0. The molecule has 1 atom stereocenters. The largest absolute Gasteiger partial charge is 0.480 e. The number of rotatable bonds is 3. The third kappa shape index (κ3) is 2.60. The number of carbonyl (C=O) groups is 1. The van der Waals surface area contributed by atoms with Gasteiger partial charge in [0.25, 0.3) is 0 Å². The number of hydrogen-bond donors (Lipinski definition) is 2. The van der Waals surface area contributed by atoms with E-state index < -0.39 is 12.0 Å². The molecule has 0 aromatic heterocycles. The van der Waals surface area contributed by atoms with Gasteiger partial charge >= 0.3 is 5.97 Å². The first kappa shape index (κ1) is 11.3. The van der Waals surface area contributed by atoms with Gasteiger partial charge in [-0.05, 0) is 54.1 Å². The van der Waals surface area contributed by atoms with Crippen molar-refractivity contribution >= 4 is 34.2 Å². The number of carboxylic acids is 1. The Morgan fingerprint density at radius 3 is 2.79 bits per heavy atom. The van der Waals surface area contributed by atoms with Crippen molar-refractivity contribution in [3.63, 3.8) is 0 Å². The van der Waals surface area contributed by atoms with E-state index in [9.17, 15) is 4.79 Å². The lowest BCUT2D eigenvalue weighted by atomic mass is 10.2. The maximum absolute atomic E-state index is 10.6. The number of benzene rings is 1. The van der Waals surface area contributed by atoms with E-state index in [2.05, 4.69) is 27.9 Å². The molecule has 76 valence electrons. The standard InChI is InChI=1S/C10H12INO2/c1-6-8(11)4-3-5-9(6)12-7(2)10(13)14/h3-5,7,12H,1-2H3,(H,13,14). The molecule has 0 aliphatic heterocycles. The lowest BCUT2D eigenvalue weighted by Crippen LogP contribution is -2.25. The van der Waals surface area contributed by atoms with Gasteiger partial charge in [-0.2, -0.15) is 0 Å². The van der Waals surface area contributed by atoms with Crippen LogP contribution >= 0.6 is 22.6 Å². The van der Waals surface area contributed by atoms with Gasteiger partial charge in [-0.1, -0.05) is 6.07 Å². The summed E-state index contributed by atoms with van der Waals surface area (Å²) in [5.41, 5.74) is 1.97. The monoisotopic (exact) mass is 305 g/mol. The fraction of sp³-hybridized carbons (Fsp3) is 0.300. The van der Waals surface area contributed by atoms with E-state index in [0.717, 1.165) is 14.8 Å². The molecule has 2 N–H and O–H groups in total. The summed E-state index contributed by atoms with van der Waals surface area (Å²) in [6, 6.07) is 5.22. The number of anilines is 1. The fourth-order valence-electron chi connectivity index (χ4n) is 1.06. The third-order valence-electron chi connectivity index (χ3n) is 2.01. The maximum atomic E-state index is 10.6. The van der Waals surface area contributed by atoms with Crippen LogP contribution in [0.25, 0.3) is 0 Å². The second-order valence-corrected chi connectivity index (χ2v) is 4.28. The van der Waals surface area contributed by atoms with Gasteiger partial charge in [0.1, 0.15) is 6.04 Å². The van der Waals surface area contributed by atoms with E-state index in [1.165, 1.54) is 0 Å². The van der Waals surface area contributed by atoms with Crippen molar-refractivity contribution < 1.29 is 9.90 Å². The Balaban J connectivity index is 2.87. The minimum absolute atomic E-state index is 0.563. The van der Waals surface area contributed by atoms with Gasteiger partial charge < -0.3 is 10.4 Å². The molecule has 0 heterocycles. The van der Waals surface area contributed by atoms with Gasteiger partial charge in [-0.25, -0.2) is 0 Å². The Labute approximate surface area is 96.7 Å². The average Bonchev–Trinajstić information content (AvgIpc) is 2.12. The van der Waals surface area contributed by atoms with Crippen molar-refractivity contribution in [1.29, 1.82) is 0 Å². The van der Waals surface area contributed by atoms with Crippen LogP contribution in [0.2, 0.25) is 0 Å². The molecule has 0 aliphatic carbocycles. The van der Waals surface area contributed by atoms with Crippen molar-refractivity contribution in [3.8, 4) is 0 Å². The molecule has 0 radical (unpaired) electrons. The molecule has 0 amide bonds. The number of aliphatic carboxylic acids is 1.